The maximum Gasteiger partial charge on any atom is 0.252 e. The Labute approximate surface area is 127 Å². The van der Waals surface area contributed by atoms with E-state index in [1.54, 1.807) is 22.7 Å². The van der Waals surface area contributed by atoms with E-state index < -0.39 is 0 Å². The quantitative estimate of drug-likeness (QED) is 0.940. The number of carbonyl (C=O) groups is 1. The second-order valence-electron chi connectivity index (χ2n) is 5.31. The standard InChI is InChI=1S/C15H18N2OS2/c1-9-7-19-8-12(9)15(18)16-6-11-4-3-5-13-14(11)17-10(2)20-13/h7-8,11H,3-6H2,1-2H3,(H,16,18)/t11-/m1/s1. The number of hydrogen-bond acceptors (Lipinski definition) is 4. The maximum atomic E-state index is 12.2. The number of nitrogens with one attached hydrogen (secondary N) is 1. The molecule has 1 atom stereocenters. The highest BCUT2D eigenvalue weighted by Gasteiger charge is 2.24. The van der Waals surface area contributed by atoms with Crippen LogP contribution in [0.25, 0.3) is 0 Å². The fourth-order valence-electron chi connectivity index (χ4n) is 2.73. The van der Waals surface area contributed by atoms with Gasteiger partial charge in [0, 0.05) is 22.7 Å². The molecule has 5 heteroatoms. The molecule has 0 unspecified atom stereocenters. The van der Waals surface area contributed by atoms with Crippen molar-refractivity contribution in [2.24, 2.45) is 0 Å². The third-order valence-electron chi connectivity index (χ3n) is 3.79. The molecule has 2 aromatic rings. The van der Waals surface area contributed by atoms with Gasteiger partial charge < -0.3 is 5.32 Å². The summed E-state index contributed by atoms with van der Waals surface area (Å²) in [6.45, 7) is 4.74. The van der Waals surface area contributed by atoms with Crippen LogP contribution in [0, 0.1) is 13.8 Å². The lowest BCUT2D eigenvalue weighted by Crippen LogP contribution is -2.30. The Morgan fingerprint density at radius 3 is 3.05 bits per heavy atom. The minimum absolute atomic E-state index is 0.0443. The zero-order valence-corrected chi connectivity index (χ0v) is 13.4. The predicted octanol–water partition coefficient (Wildman–Crippen LogP) is 3.67. The Bertz CT molecular complexity index is 630. The summed E-state index contributed by atoms with van der Waals surface area (Å²) in [5.74, 6) is 0.425. The molecule has 0 radical (unpaired) electrons. The summed E-state index contributed by atoms with van der Waals surface area (Å²) in [5.41, 5.74) is 3.09. The lowest BCUT2D eigenvalue weighted by atomic mass is 9.91. The fraction of sp³-hybridized carbons (Fsp3) is 0.467. The second-order valence-corrected chi connectivity index (χ2v) is 7.34. The van der Waals surface area contributed by atoms with Crippen molar-refractivity contribution in [3.63, 3.8) is 0 Å². The molecule has 0 bridgehead atoms. The Balaban J connectivity index is 1.68. The molecule has 0 aliphatic heterocycles. The first-order valence-electron chi connectivity index (χ1n) is 6.92. The molecular weight excluding hydrogens is 288 g/mol. The number of fused-ring (bicyclic) bond motifs is 1. The average Bonchev–Trinajstić information content (AvgIpc) is 3.00. The van der Waals surface area contributed by atoms with Crippen LogP contribution in [-0.4, -0.2) is 17.4 Å². The van der Waals surface area contributed by atoms with Crippen molar-refractivity contribution in [1.29, 1.82) is 0 Å². The molecule has 1 aliphatic rings. The Kier molecular flexibility index (Phi) is 3.89. The zero-order valence-electron chi connectivity index (χ0n) is 11.7. The minimum atomic E-state index is 0.0443. The van der Waals surface area contributed by atoms with E-state index in [4.69, 9.17) is 0 Å². The molecule has 1 N–H and O–H groups in total. The van der Waals surface area contributed by atoms with E-state index >= 15 is 0 Å². The molecule has 0 fully saturated rings. The monoisotopic (exact) mass is 306 g/mol. The summed E-state index contributed by atoms with van der Waals surface area (Å²) in [6, 6.07) is 0. The van der Waals surface area contributed by atoms with E-state index in [0.29, 0.717) is 12.5 Å². The van der Waals surface area contributed by atoms with Gasteiger partial charge in [-0.3, -0.25) is 4.79 Å². The summed E-state index contributed by atoms with van der Waals surface area (Å²) in [6.07, 6.45) is 3.47. The van der Waals surface area contributed by atoms with Crippen molar-refractivity contribution in [2.45, 2.75) is 39.0 Å². The number of hydrogen-bond donors (Lipinski definition) is 1. The van der Waals surface area contributed by atoms with Gasteiger partial charge in [0.2, 0.25) is 0 Å². The van der Waals surface area contributed by atoms with Crippen LogP contribution in [0.15, 0.2) is 10.8 Å². The fourth-order valence-corrected chi connectivity index (χ4v) is 4.62. The van der Waals surface area contributed by atoms with Crippen LogP contribution in [0.1, 0.15) is 50.3 Å². The van der Waals surface area contributed by atoms with E-state index in [1.165, 1.54) is 17.0 Å². The summed E-state index contributed by atoms with van der Waals surface area (Å²) >= 11 is 3.38. The molecule has 1 amide bonds. The molecule has 1 aliphatic carbocycles. The van der Waals surface area contributed by atoms with Gasteiger partial charge in [-0.25, -0.2) is 4.98 Å². The number of nitrogens with zero attached hydrogens (tertiary/aromatic N) is 1. The highest BCUT2D eigenvalue weighted by Crippen LogP contribution is 2.34. The van der Waals surface area contributed by atoms with Gasteiger partial charge >= 0.3 is 0 Å². The number of aromatic nitrogens is 1. The molecule has 2 heterocycles. The van der Waals surface area contributed by atoms with Gasteiger partial charge in [0.15, 0.2) is 0 Å². The summed E-state index contributed by atoms with van der Waals surface area (Å²) in [4.78, 5) is 18.2. The predicted molar refractivity (Wildman–Crippen MR) is 83.9 cm³/mol. The molecule has 20 heavy (non-hydrogen) atoms. The maximum absolute atomic E-state index is 12.2. The molecule has 3 nitrogen and oxygen atoms in total. The van der Waals surface area contributed by atoms with Gasteiger partial charge in [-0.2, -0.15) is 11.3 Å². The highest BCUT2D eigenvalue weighted by molar-refractivity contribution is 7.11. The van der Waals surface area contributed by atoms with Gasteiger partial charge in [0.05, 0.1) is 16.3 Å². The van der Waals surface area contributed by atoms with E-state index in [-0.39, 0.29) is 5.91 Å². The van der Waals surface area contributed by atoms with Gasteiger partial charge in [-0.15, -0.1) is 11.3 Å². The third kappa shape index (κ3) is 2.65. The van der Waals surface area contributed by atoms with Crippen molar-refractivity contribution >= 4 is 28.6 Å². The first-order valence-corrected chi connectivity index (χ1v) is 8.68. The third-order valence-corrected chi connectivity index (χ3v) is 5.69. The lowest BCUT2D eigenvalue weighted by Gasteiger charge is -2.21. The van der Waals surface area contributed by atoms with Crippen LogP contribution in [-0.2, 0) is 6.42 Å². The van der Waals surface area contributed by atoms with Crippen LogP contribution >= 0.6 is 22.7 Å². The highest BCUT2D eigenvalue weighted by atomic mass is 32.1. The number of amides is 1. The number of thiophene rings is 1. The molecule has 0 saturated carbocycles. The Hall–Kier alpha value is -1.20. The Morgan fingerprint density at radius 2 is 2.30 bits per heavy atom. The first kappa shape index (κ1) is 13.8. The van der Waals surface area contributed by atoms with Gasteiger partial charge in [0.1, 0.15) is 0 Å². The summed E-state index contributed by atoms with van der Waals surface area (Å²) in [5, 5.41) is 8.15. The average molecular weight is 306 g/mol. The topological polar surface area (TPSA) is 42.0 Å². The van der Waals surface area contributed by atoms with E-state index in [1.807, 2.05) is 17.7 Å². The van der Waals surface area contributed by atoms with Crippen molar-refractivity contribution in [1.82, 2.24) is 10.3 Å². The van der Waals surface area contributed by atoms with Gasteiger partial charge in [0.25, 0.3) is 5.91 Å². The van der Waals surface area contributed by atoms with Crippen LogP contribution in [0.2, 0.25) is 0 Å². The van der Waals surface area contributed by atoms with Crippen LogP contribution in [0.5, 0.6) is 0 Å². The Morgan fingerprint density at radius 1 is 1.45 bits per heavy atom. The number of thiazole rings is 1. The smallest absolute Gasteiger partial charge is 0.252 e. The van der Waals surface area contributed by atoms with E-state index in [0.717, 1.165) is 29.0 Å². The first-order chi connectivity index (χ1) is 9.65. The summed E-state index contributed by atoms with van der Waals surface area (Å²) < 4.78 is 0. The molecule has 0 aromatic carbocycles. The van der Waals surface area contributed by atoms with Crippen molar-refractivity contribution in [3.05, 3.63) is 37.5 Å². The van der Waals surface area contributed by atoms with Crippen LogP contribution < -0.4 is 5.32 Å². The van der Waals surface area contributed by atoms with Crippen LogP contribution in [0.3, 0.4) is 0 Å². The normalized spacial score (nSPS) is 17.8. The van der Waals surface area contributed by atoms with E-state index in [9.17, 15) is 4.79 Å². The van der Waals surface area contributed by atoms with Crippen molar-refractivity contribution in [3.8, 4) is 0 Å². The molecule has 3 rings (SSSR count). The second kappa shape index (κ2) is 5.66. The van der Waals surface area contributed by atoms with Gasteiger partial charge in [-0.1, -0.05) is 0 Å². The van der Waals surface area contributed by atoms with Crippen LogP contribution in [0.4, 0.5) is 0 Å². The molecule has 0 spiro atoms. The lowest BCUT2D eigenvalue weighted by molar-refractivity contribution is 0.0950. The number of aryl methyl sites for hydroxylation is 3. The number of rotatable bonds is 3. The van der Waals surface area contributed by atoms with E-state index in [2.05, 4.69) is 17.2 Å². The molecule has 0 saturated heterocycles. The SMILES string of the molecule is Cc1nc2c(s1)CCC[C@@H]2CNC(=O)c1cscc1C. The van der Waals surface area contributed by atoms with Crippen molar-refractivity contribution in [2.75, 3.05) is 6.54 Å². The largest absolute Gasteiger partial charge is 0.351 e. The zero-order chi connectivity index (χ0) is 14.1. The molecule has 2 aromatic heterocycles. The number of carbonyl (C=O) groups excluding carboxylic acids is 1. The van der Waals surface area contributed by atoms with Gasteiger partial charge in [-0.05, 0) is 44.1 Å². The summed E-state index contributed by atoms with van der Waals surface area (Å²) in [7, 11) is 0. The minimum Gasteiger partial charge on any atom is -0.351 e. The van der Waals surface area contributed by atoms with Crippen molar-refractivity contribution < 1.29 is 4.79 Å². The molecular formula is C15H18N2OS2. The molecule has 106 valence electrons.